The van der Waals surface area contributed by atoms with Crippen LogP contribution < -0.4 is 5.32 Å². The Balaban J connectivity index is 2.03. The molecule has 1 aliphatic rings. The Morgan fingerprint density at radius 3 is 2.71 bits per heavy atom. The fourth-order valence-corrected chi connectivity index (χ4v) is 1.74. The molecule has 3 heteroatoms. The van der Waals surface area contributed by atoms with Crippen molar-refractivity contribution in [1.29, 1.82) is 0 Å². The van der Waals surface area contributed by atoms with E-state index < -0.39 is 0 Å². The third-order valence-corrected chi connectivity index (χ3v) is 2.67. The fourth-order valence-electron chi connectivity index (χ4n) is 1.74. The quantitative estimate of drug-likeness (QED) is 0.634. The summed E-state index contributed by atoms with van der Waals surface area (Å²) in [6.45, 7) is 5.28. The Morgan fingerprint density at radius 1 is 1.50 bits per heavy atom. The fraction of sp³-hybridized carbons (Fsp3) is 0.909. The lowest BCUT2D eigenvalue weighted by Gasteiger charge is -2.15. The topological polar surface area (TPSA) is 38.3 Å². The van der Waals surface area contributed by atoms with Crippen molar-refractivity contribution in [2.75, 3.05) is 13.2 Å². The molecule has 0 bridgehead atoms. The molecule has 1 unspecified atom stereocenters. The first-order valence-corrected chi connectivity index (χ1v) is 5.66. The average molecular weight is 199 g/mol. The molecule has 1 aliphatic carbocycles. The van der Waals surface area contributed by atoms with Gasteiger partial charge in [0.1, 0.15) is 0 Å². The minimum absolute atomic E-state index is 0.0920. The van der Waals surface area contributed by atoms with Crippen LogP contribution in [0.1, 0.15) is 39.5 Å². The van der Waals surface area contributed by atoms with Gasteiger partial charge in [0.15, 0.2) is 0 Å². The highest BCUT2D eigenvalue weighted by molar-refractivity contribution is 5.69. The maximum Gasteiger partial charge on any atom is 0.307 e. The summed E-state index contributed by atoms with van der Waals surface area (Å²) in [5.74, 6) is 0.771. The molecule has 1 saturated carbocycles. The molecule has 1 fully saturated rings. The molecule has 0 aromatic rings. The van der Waals surface area contributed by atoms with Gasteiger partial charge in [-0.15, -0.1) is 0 Å². The monoisotopic (exact) mass is 199 g/mol. The van der Waals surface area contributed by atoms with E-state index in [-0.39, 0.29) is 5.97 Å². The van der Waals surface area contributed by atoms with Gasteiger partial charge in [-0.25, -0.2) is 0 Å². The van der Waals surface area contributed by atoms with Gasteiger partial charge in [-0.3, -0.25) is 4.79 Å². The van der Waals surface area contributed by atoms with Crippen molar-refractivity contribution in [3.8, 4) is 0 Å². The third kappa shape index (κ3) is 4.09. The lowest BCUT2D eigenvalue weighted by atomic mass is 10.1. The van der Waals surface area contributed by atoms with E-state index >= 15 is 0 Å². The zero-order valence-corrected chi connectivity index (χ0v) is 9.21. The molecule has 0 radical (unpaired) electrons. The Bertz CT molecular complexity index is 178. The number of nitrogens with one attached hydrogen (secondary N) is 1. The molecule has 0 aromatic heterocycles. The van der Waals surface area contributed by atoms with Gasteiger partial charge < -0.3 is 10.1 Å². The Labute approximate surface area is 86.2 Å². The molecular formula is C11H21NO2. The Morgan fingerprint density at radius 2 is 2.21 bits per heavy atom. The molecule has 1 atom stereocenters. The number of carbonyl (C=O) groups excluding carboxylic acids is 1. The second kappa shape index (κ2) is 6.02. The van der Waals surface area contributed by atoms with Gasteiger partial charge in [-0.1, -0.05) is 6.92 Å². The van der Waals surface area contributed by atoms with E-state index in [1.807, 2.05) is 6.92 Å². The maximum absolute atomic E-state index is 11.0. The summed E-state index contributed by atoms with van der Waals surface area (Å²) in [5, 5.41) is 3.42. The van der Waals surface area contributed by atoms with Crippen LogP contribution in [0.15, 0.2) is 0 Å². The van der Waals surface area contributed by atoms with Crippen LogP contribution in [0.2, 0.25) is 0 Å². The van der Waals surface area contributed by atoms with E-state index in [2.05, 4.69) is 12.2 Å². The summed E-state index contributed by atoms with van der Waals surface area (Å²) in [5.41, 5.74) is 0. The zero-order chi connectivity index (χ0) is 10.4. The molecule has 0 aromatic carbocycles. The van der Waals surface area contributed by atoms with Gasteiger partial charge in [0, 0.05) is 12.6 Å². The first kappa shape index (κ1) is 11.5. The minimum Gasteiger partial charge on any atom is -0.466 e. The van der Waals surface area contributed by atoms with Crippen LogP contribution in [0.3, 0.4) is 0 Å². The molecule has 82 valence electrons. The molecule has 14 heavy (non-hydrogen) atoms. The van der Waals surface area contributed by atoms with Gasteiger partial charge in [-0.2, -0.15) is 0 Å². The summed E-state index contributed by atoms with van der Waals surface area (Å²) >= 11 is 0. The summed E-state index contributed by atoms with van der Waals surface area (Å²) in [6.07, 6.45) is 4.36. The smallest absolute Gasteiger partial charge is 0.307 e. The highest BCUT2D eigenvalue weighted by atomic mass is 16.5. The predicted molar refractivity (Wildman–Crippen MR) is 56.1 cm³/mol. The van der Waals surface area contributed by atoms with Gasteiger partial charge in [0.05, 0.1) is 13.0 Å². The SMILES string of the molecule is CCOC(=O)CCNC(CC)C1CC1. The number of ether oxygens (including phenoxy) is 1. The van der Waals surface area contributed by atoms with Crippen LogP contribution in [0, 0.1) is 5.92 Å². The summed E-state index contributed by atoms with van der Waals surface area (Å²) in [6, 6.07) is 0.615. The first-order valence-electron chi connectivity index (χ1n) is 5.66. The molecule has 1 N–H and O–H groups in total. The van der Waals surface area contributed by atoms with Gasteiger partial charge in [0.25, 0.3) is 0 Å². The number of hydrogen-bond donors (Lipinski definition) is 1. The third-order valence-electron chi connectivity index (χ3n) is 2.67. The molecule has 0 spiro atoms. The highest BCUT2D eigenvalue weighted by Crippen LogP contribution is 2.33. The summed E-state index contributed by atoms with van der Waals surface area (Å²) < 4.78 is 4.85. The van der Waals surface area contributed by atoms with E-state index in [0.29, 0.717) is 19.1 Å². The first-order chi connectivity index (χ1) is 6.77. The van der Waals surface area contributed by atoms with Crippen molar-refractivity contribution in [2.45, 2.75) is 45.6 Å². The van der Waals surface area contributed by atoms with Crippen LogP contribution in [0.5, 0.6) is 0 Å². The van der Waals surface area contributed by atoms with Gasteiger partial charge in [0.2, 0.25) is 0 Å². The van der Waals surface area contributed by atoms with E-state index in [0.717, 1.165) is 18.9 Å². The van der Waals surface area contributed by atoms with Crippen LogP contribution in [-0.2, 0) is 9.53 Å². The van der Waals surface area contributed by atoms with E-state index in [1.165, 1.54) is 12.8 Å². The van der Waals surface area contributed by atoms with Crippen molar-refractivity contribution < 1.29 is 9.53 Å². The molecule has 0 heterocycles. The van der Waals surface area contributed by atoms with Crippen molar-refractivity contribution in [1.82, 2.24) is 5.32 Å². The van der Waals surface area contributed by atoms with Crippen LogP contribution >= 0.6 is 0 Å². The predicted octanol–water partition coefficient (Wildman–Crippen LogP) is 1.72. The summed E-state index contributed by atoms with van der Waals surface area (Å²) in [7, 11) is 0. The maximum atomic E-state index is 11.0. The number of carbonyl (C=O) groups is 1. The van der Waals surface area contributed by atoms with Crippen molar-refractivity contribution in [2.24, 2.45) is 5.92 Å². The Kier molecular flexibility index (Phi) is 4.94. The van der Waals surface area contributed by atoms with Crippen LogP contribution in [0.25, 0.3) is 0 Å². The lowest BCUT2D eigenvalue weighted by Crippen LogP contribution is -2.32. The molecule has 3 nitrogen and oxygen atoms in total. The van der Waals surface area contributed by atoms with E-state index in [1.54, 1.807) is 0 Å². The molecule has 0 saturated heterocycles. The molecule has 0 amide bonds. The van der Waals surface area contributed by atoms with Gasteiger partial charge >= 0.3 is 5.97 Å². The molecule has 1 rings (SSSR count). The second-order valence-corrected chi connectivity index (χ2v) is 3.86. The second-order valence-electron chi connectivity index (χ2n) is 3.86. The zero-order valence-electron chi connectivity index (χ0n) is 9.21. The highest BCUT2D eigenvalue weighted by Gasteiger charge is 2.29. The van der Waals surface area contributed by atoms with E-state index in [9.17, 15) is 4.79 Å². The lowest BCUT2D eigenvalue weighted by molar-refractivity contribution is -0.143. The average Bonchev–Trinajstić information content (AvgIpc) is 2.96. The number of rotatable bonds is 7. The standard InChI is InChI=1S/C11H21NO2/c1-3-10(9-5-6-9)12-8-7-11(13)14-4-2/h9-10,12H,3-8H2,1-2H3. The normalized spacial score (nSPS) is 17.9. The summed E-state index contributed by atoms with van der Waals surface area (Å²) in [4.78, 5) is 11.0. The van der Waals surface area contributed by atoms with Crippen molar-refractivity contribution in [3.05, 3.63) is 0 Å². The molecular weight excluding hydrogens is 178 g/mol. The minimum atomic E-state index is -0.0920. The van der Waals surface area contributed by atoms with Crippen molar-refractivity contribution >= 4 is 5.97 Å². The largest absolute Gasteiger partial charge is 0.466 e. The van der Waals surface area contributed by atoms with Crippen molar-refractivity contribution in [3.63, 3.8) is 0 Å². The number of esters is 1. The molecule has 0 aliphatic heterocycles. The van der Waals surface area contributed by atoms with Crippen LogP contribution in [0.4, 0.5) is 0 Å². The van der Waals surface area contributed by atoms with Crippen LogP contribution in [-0.4, -0.2) is 25.2 Å². The number of hydrogen-bond acceptors (Lipinski definition) is 3. The van der Waals surface area contributed by atoms with Gasteiger partial charge in [-0.05, 0) is 32.1 Å². The Hall–Kier alpha value is -0.570. The van der Waals surface area contributed by atoms with E-state index in [4.69, 9.17) is 4.74 Å².